The molecule has 1 rings (SSSR count). The van der Waals surface area contributed by atoms with Crippen LogP contribution in [-0.2, 0) is 11.2 Å². The average Bonchev–Trinajstić information content (AvgIpc) is 2.14. The normalized spacial score (nSPS) is 10.7. The van der Waals surface area contributed by atoms with Crippen molar-refractivity contribution in [3.05, 3.63) is 33.8 Å². The Kier molecular flexibility index (Phi) is 4.33. The van der Waals surface area contributed by atoms with E-state index >= 15 is 0 Å². The zero-order valence-electron chi connectivity index (χ0n) is 8.96. The van der Waals surface area contributed by atoms with E-state index < -0.39 is 5.97 Å². The molecule has 3 heteroatoms. The van der Waals surface area contributed by atoms with E-state index in [4.69, 9.17) is 5.11 Å². The van der Waals surface area contributed by atoms with Crippen molar-refractivity contribution >= 4 is 21.9 Å². The fourth-order valence-electron chi connectivity index (χ4n) is 1.60. The zero-order chi connectivity index (χ0) is 11.4. The lowest BCUT2D eigenvalue weighted by Crippen LogP contribution is -2.01. The molecule has 0 aliphatic rings. The molecule has 0 unspecified atom stereocenters. The predicted octanol–water partition coefficient (Wildman–Crippen LogP) is 3.59. The van der Waals surface area contributed by atoms with Gasteiger partial charge in [0.15, 0.2) is 0 Å². The van der Waals surface area contributed by atoms with Gasteiger partial charge in [-0.1, -0.05) is 35.8 Å². The molecule has 0 radical (unpaired) electrons. The van der Waals surface area contributed by atoms with Gasteiger partial charge in [0.25, 0.3) is 0 Å². The van der Waals surface area contributed by atoms with Crippen LogP contribution < -0.4 is 0 Å². The molecule has 1 N–H and O–H groups in total. The van der Waals surface area contributed by atoms with E-state index in [1.54, 1.807) is 0 Å². The highest BCUT2D eigenvalue weighted by Crippen LogP contribution is 2.24. The molecule has 0 amide bonds. The van der Waals surface area contributed by atoms with Crippen LogP contribution in [0.1, 0.15) is 37.3 Å². The van der Waals surface area contributed by atoms with E-state index in [0.29, 0.717) is 12.3 Å². The molecule has 0 aliphatic heterocycles. The maximum absolute atomic E-state index is 10.5. The summed E-state index contributed by atoms with van der Waals surface area (Å²) in [5, 5.41) is 8.66. The second kappa shape index (κ2) is 5.31. The van der Waals surface area contributed by atoms with Crippen LogP contribution >= 0.6 is 15.9 Å². The molecule has 15 heavy (non-hydrogen) atoms. The number of benzene rings is 1. The fourth-order valence-corrected chi connectivity index (χ4v) is 2.00. The van der Waals surface area contributed by atoms with Crippen LogP contribution in [0.15, 0.2) is 22.7 Å². The Labute approximate surface area is 98.4 Å². The van der Waals surface area contributed by atoms with Crippen LogP contribution in [-0.4, -0.2) is 11.1 Å². The molecular weight excluding hydrogens is 256 g/mol. The predicted molar refractivity (Wildman–Crippen MR) is 64.2 cm³/mol. The molecule has 0 heterocycles. The Bertz CT molecular complexity index is 359. The minimum atomic E-state index is -0.746. The van der Waals surface area contributed by atoms with E-state index in [2.05, 4.69) is 35.8 Å². The van der Waals surface area contributed by atoms with Gasteiger partial charge in [0.05, 0.1) is 0 Å². The van der Waals surface area contributed by atoms with Crippen LogP contribution in [0.5, 0.6) is 0 Å². The van der Waals surface area contributed by atoms with Gasteiger partial charge in [0, 0.05) is 10.9 Å². The molecule has 0 fully saturated rings. The SMILES string of the molecule is CC(C)c1ccc(Br)cc1CCC(=O)O. The Morgan fingerprint density at radius 3 is 2.67 bits per heavy atom. The molecular formula is C12H15BrO2. The summed E-state index contributed by atoms with van der Waals surface area (Å²) in [4.78, 5) is 10.5. The highest BCUT2D eigenvalue weighted by atomic mass is 79.9. The van der Waals surface area contributed by atoms with Crippen LogP contribution in [0.3, 0.4) is 0 Å². The zero-order valence-corrected chi connectivity index (χ0v) is 10.5. The maximum Gasteiger partial charge on any atom is 0.303 e. The number of carboxylic acids is 1. The van der Waals surface area contributed by atoms with Gasteiger partial charge in [-0.25, -0.2) is 0 Å². The van der Waals surface area contributed by atoms with Gasteiger partial charge >= 0.3 is 5.97 Å². The van der Waals surface area contributed by atoms with Gasteiger partial charge in [-0.15, -0.1) is 0 Å². The fraction of sp³-hybridized carbons (Fsp3) is 0.417. The number of hydrogen-bond acceptors (Lipinski definition) is 1. The molecule has 0 aliphatic carbocycles. The van der Waals surface area contributed by atoms with Crippen LogP contribution in [0.4, 0.5) is 0 Å². The first-order valence-electron chi connectivity index (χ1n) is 5.01. The molecule has 0 saturated carbocycles. The van der Waals surface area contributed by atoms with Crippen molar-refractivity contribution in [3.63, 3.8) is 0 Å². The van der Waals surface area contributed by atoms with Crippen molar-refractivity contribution in [2.24, 2.45) is 0 Å². The van der Waals surface area contributed by atoms with E-state index in [0.717, 1.165) is 10.0 Å². The summed E-state index contributed by atoms with van der Waals surface area (Å²) < 4.78 is 1.01. The average molecular weight is 271 g/mol. The maximum atomic E-state index is 10.5. The number of rotatable bonds is 4. The Morgan fingerprint density at radius 1 is 1.47 bits per heavy atom. The molecule has 0 bridgehead atoms. The lowest BCUT2D eigenvalue weighted by molar-refractivity contribution is -0.136. The molecule has 0 saturated heterocycles. The third-order valence-corrected chi connectivity index (χ3v) is 2.83. The summed E-state index contributed by atoms with van der Waals surface area (Å²) in [6.45, 7) is 4.24. The molecule has 0 atom stereocenters. The van der Waals surface area contributed by atoms with Gasteiger partial charge in [0.2, 0.25) is 0 Å². The summed E-state index contributed by atoms with van der Waals surface area (Å²) in [7, 11) is 0. The third kappa shape index (κ3) is 3.67. The number of halogens is 1. The summed E-state index contributed by atoms with van der Waals surface area (Å²) in [5.41, 5.74) is 2.36. The van der Waals surface area contributed by atoms with Gasteiger partial charge in [-0.3, -0.25) is 4.79 Å². The molecule has 1 aromatic carbocycles. The second-order valence-corrected chi connectivity index (χ2v) is 4.81. The lowest BCUT2D eigenvalue weighted by Gasteiger charge is -2.12. The minimum absolute atomic E-state index is 0.191. The van der Waals surface area contributed by atoms with Crippen molar-refractivity contribution in [1.29, 1.82) is 0 Å². The van der Waals surface area contributed by atoms with E-state index in [1.165, 1.54) is 5.56 Å². The third-order valence-electron chi connectivity index (χ3n) is 2.34. The van der Waals surface area contributed by atoms with Gasteiger partial charge in [-0.05, 0) is 35.6 Å². The summed E-state index contributed by atoms with van der Waals surface area (Å²) >= 11 is 3.41. The molecule has 1 aromatic rings. The molecule has 2 nitrogen and oxygen atoms in total. The monoisotopic (exact) mass is 270 g/mol. The van der Waals surface area contributed by atoms with Gasteiger partial charge < -0.3 is 5.11 Å². The molecule has 82 valence electrons. The van der Waals surface area contributed by atoms with Crippen molar-refractivity contribution in [1.82, 2.24) is 0 Å². The number of aryl methyl sites for hydroxylation is 1. The number of hydrogen-bond donors (Lipinski definition) is 1. The highest BCUT2D eigenvalue weighted by molar-refractivity contribution is 9.10. The van der Waals surface area contributed by atoms with E-state index in [-0.39, 0.29) is 6.42 Å². The van der Waals surface area contributed by atoms with Crippen molar-refractivity contribution in [2.45, 2.75) is 32.6 Å². The Morgan fingerprint density at radius 2 is 2.13 bits per heavy atom. The molecule has 0 aromatic heterocycles. The van der Waals surface area contributed by atoms with Crippen LogP contribution in [0, 0.1) is 0 Å². The standard InChI is InChI=1S/C12H15BrO2/c1-8(2)11-5-4-10(13)7-9(11)3-6-12(14)15/h4-5,7-8H,3,6H2,1-2H3,(H,14,15). The largest absolute Gasteiger partial charge is 0.481 e. The number of carboxylic acid groups (broad SMARTS) is 1. The highest BCUT2D eigenvalue weighted by Gasteiger charge is 2.08. The Hall–Kier alpha value is -0.830. The first-order chi connectivity index (χ1) is 7.00. The van der Waals surface area contributed by atoms with E-state index in [9.17, 15) is 4.79 Å². The summed E-state index contributed by atoms with van der Waals surface area (Å²) in [6, 6.07) is 6.07. The van der Waals surface area contributed by atoms with Gasteiger partial charge in [-0.2, -0.15) is 0 Å². The summed E-state index contributed by atoms with van der Waals surface area (Å²) in [6.07, 6.45) is 0.790. The lowest BCUT2D eigenvalue weighted by atomic mass is 9.95. The van der Waals surface area contributed by atoms with Crippen LogP contribution in [0.2, 0.25) is 0 Å². The Balaban J connectivity index is 2.91. The molecule has 0 spiro atoms. The number of carbonyl (C=O) groups is 1. The first kappa shape index (κ1) is 12.2. The van der Waals surface area contributed by atoms with Crippen LogP contribution in [0.25, 0.3) is 0 Å². The second-order valence-electron chi connectivity index (χ2n) is 3.89. The quantitative estimate of drug-likeness (QED) is 0.908. The minimum Gasteiger partial charge on any atom is -0.481 e. The van der Waals surface area contributed by atoms with Crippen molar-refractivity contribution in [2.75, 3.05) is 0 Å². The first-order valence-corrected chi connectivity index (χ1v) is 5.80. The summed E-state index contributed by atoms with van der Waals surface area (Å²) in [5.74, 6) is -0.313. The van der Waals surface area contributed by atoms with Gasteiger partial charge in [0.1, 0.15) is 0 Å². The topological polar surface area (TPSA) is 37.3 Å². The van der Waals surface area contributed by atoms with E-state index in [1.807, 2.05) is 12.1 Å². The number of aliphatic carboxylic acids is 1. The smallest absolute Gasteiger partial charge is 0.303 e. The van der Waals surface area contributed by atoms with Crippen molar-refractivity contribution in [3.8, 4) is 0 Å². The van der Waals surface area contributed by atoms with Crippen molar-refractivity contribution < 1.29 is 9.90 Å².